The highest BCUT2D eigenvalue weighted by atomic mass is 16.4. The lowest BCUT2D eigenvalue weighted by atomic mass is 9.90. The summed E-state index contributed by atoms with van der Waals surface area (Å²) in [4.78, 5) is 24.8. The number of hydrogen-bond donors (Lipinski definition) is 2. The topological polar surface area (TPSA) is 83.6 Å². The molecule has 0 aliphatic carbocycles. The van der Waals surface area contributed by atoms with Gasteiger partial charge < -0.3 is 15.7 Å². The van der Waals surface area contributed by atoms with Gasteiger partial charge in [0, 0.05) is 19.5 Å². The van der Waals surface area contributed by atoms with Gasteiger partial charge in [-0.25, -0.2) is 0 Å². The van der Waals surface area contributed by atoms with Crippen molar-refractivity contribution in [1.29, 1.82) is 0 Å². The number of nitrogens with zero attached hydrogens (tertiary/aromatic N) is 1. The highest BCUT2D eigenvalue weighted by Gasteiger charge is 2.34. The molecule has 2 unspecified atom stereocenters. The Morgan fingerprint density at radius 1 is 1.47 bits per heavy atom. The number of amides is 1. The highest BCUT2D eigenvalue weighted by Crippen LogP contribution is 2.23. The average molecular weight is 270 g/mol. The number of carbonyl (C=O) groups is 2. The minimum Gasteiger partial charge on any atom is -0.481 e. The molecule has 1 rings (SSSR count). The molecule has 5 nitrogen and oxygen atoms in total. The zero-order valence-corrected chi connectivity index (χ0v) is 12.0. The van der Waals surface area contributed by atoms with Gasteiger partial charge in [-0.3, -0.25) is 9.59 Å². The van der Waals surface area contributed by atoms with Crippen LogP contribution in [0.3, 0.4) is 0 Å². The summed E-state index contributed by atoms with van der Waals surface area (Å²) in [6.45, 7) is 5.21. The van der Waals surface area contributed by atoms with Crippen LogP contribution in [0.5, 0.6) is 0 Å². The van der Waals surface area contributed by atoms with E-state index in [9.17, 15) is 9.59 Å². The molecule has 0 radical (unpaired) electrons. The van der Waals surface area contributed by atoms with Gasteiger partial charge in [0.2, 0.25) is 5.91 Å². The molecule has 0 saturated carbocycles. The summed E-state index contributed by atoms with van der Waals surface area (Å²) in [7, 11) is 0. The third-order valence-corrected chi connectivity index (χ3v) is 3.83. The molecule has 110 valence electrons. The lowest BCUT2D eigenvalue weighted by Crippen LogP contribution is -2.55. The first-order valence-electron chi connectivity index (χ1n) is 7.17. The number of carboxylic acids is 1. The van der Waals surface area contributed by atoms with E-state index in [1.54, 1.807) is 6.92 Å². The molecular formula is C14H26N2O3. The number of nitrogens with two attached hydrogens (primary N) is 1. The van der Waals surface area contributed by atoms with E-state index in [4.69, 9.17) is 10.8 Å². The molecule has 2 atom stereocenters. The van der Waals surface area contributed by atoms with Crippen LogP contribution in [-0.2, 0) is 9.59 Å². The van der Waals surface area contributed by atoms with Gasteiger partial charge in [0.15, 0.2) is 0 Å². The molecule has 1 amide bonds. The van der Waals surface area contributed by atoms with Gasteiger partial charge in [0.1, 0.15) is 0 Å². The quantitative estimate of drug-likeness (QED) is 0.768. The smallest absolute Gasteiger partial charge is 0.303 e. The Morgan fingerprint density at radius 3 is 2.74 bits per heavy atom. The third-order valence-electron chi connectivity index (χ3n) is 3.83. The van der Waals surface area contributed by atoms with Crippen LogP contribution in [0.2, 0.25) is 0 Å². The zero-order chi connectivity index (χ0) is 14.5. The summed E-state index contributed by atoms with van der Waals surface area (Å²) in [5, 5.41) is 8.72. The van der Waals surface area contributed by atoms with E-state index in [2.05, 4.69) is 0 Å². The second-order valence-corrected chi connectivity index (χ2v) is 5.86. The van der Waals surface area contributed by atoms with Gasteiger partial charge in [-0.05, 0) is 38.5 Å². The van der Waals surface area contributed by atoms with Crippen LogP contribution in [0, 0.1) is 5.92 Å². The summed E-state index contributed by atoms with van der Waals surface area (Å²) < 4.78 is 0. The van der Waals surface area contributed by atoms with E-state index < -0.39 is 11.5 Å². The van der Waals surface area contributed by atoms with Crippen LogP contribution in [0.1, 0.15) is 52.4 Å². The monoisotopic (exact) mass is 270 g/mol. The van der Waals surface area contributed by atoms with E-state index in [0.29, 0.717) is 25.3 Å². The SMILES string of the molecule is CCCC(C)(N)C(=O)N1CCCC(CCC(=O)O)C1. The molecule has 1 aliphatic rings. The van der Waals surface area contributed by atoms with Crippen LogP contribution in [0.25, 0.3) is 0 Å². The maximum atomic E-state index is 12.4. The first kappa shape index (κ1) is 16.0. The van der Waals surface area contributed by atoms with Gasteiger partial charge in [0.05, 0.1) is 5.54 Å². The maximum absolute atomic E-state index is 12.4. The summed E-state index contributed by atoms with van der Waals surface area (Å²) in [6.07, 6.45) is 4.34. The number of carboxylic acid groups (broad SMARTS) is 1. The average Bonchev–Trinajstić information content (AvgIpc) is 2.35. The highest BCUT2D eigenvalue weighted by molar-refractivity contribution is 5.85. The molecule has 1 fully saturated rings. The molecule has 19 heavy (non-hydrogen) atoms. The van der Waals surface area contributed by atoms with Crippen molar-refractivity contribution in [1.82, 2.24) is 4.90 Å². The molecule has 3 N–H and O–H groups in total. The third kappa shape index (κ3) is 4.82. The summed E-state index contributed by atoms with van der Waals surface area (Å²) in [5.41, 5.74) is 5.30. The van der Waals surface area contributed by atoms with Crippen molar-refractivity contribution in [3.05, 3.63) is 0 Å². The van der Waals surface area contributed by atoms with E-state index in [0.717, 1.165) is 25.8 Å². The largest absolute Gasteiger partial charge is 0.481 e. The van der Waals surface area contributed by atoms with E-state index >= 15 is 0 Å². The van der Waals surface area contributed by atoms with Crippen molar-refractivity contribution < 1.29 is 14.7 Å². The Hall–Kier alpha value is -1.10. The minimum atomic E-state index is -0.788. The molecule has 1 heterocycles. The minimum absolute atomic E-state index is 0.00868. The molecule has 1 aliphatic heterocycles. The van der Waals surface area contributed by atoms with Gasteiger partial charge in [-0.15, -0.1) is 0 Å². The molecule has 0 aromatic carbocycles. The Bertz CT molecular complexity index is 329. The fourth-order valence-corrected chi connectivity index (χ4v) is 2.80. The number of aliphatic carboxylic acids is 1. The molecule has 1 saturated heterocycles. The molecule has 0 aromatic rings. The van der Waals surface area contributed by atoms with Gasteiger partial charge in [-0.1, -0.05) is 13.3 Å². The fourth-order valence-electron chi connectivity index (χ4n) is 2.80. The number of likely N-dealkylation sites (tertiary alicyclic amines) is 1. The van der Waals surface area contributed by atoms with Gasteiger partial charge in [-0.2, -0.15) is 0 Å². The van der Waals surface area contributed by atoms with Crippen molar-refractivity contribution in [2.24, 2.45) is 11.7 Å². The van der Waals surface area contributed by atoms with Crippen molar-refractivity contribution >= 4 is 11.9 Å². The fraction of sp³-hybridized carbons (Fsp3) is 0.857. The number of carbonyl (C=O) groups excluding carboxylic acids is 1. The standard InChI is InChI=1S/C14H26N2O3/c1-3-8-14(2,15)13(19)16-9-4-5-11(10-16)6-7-12(17)18/h11H,3-10,15H2,1-2H3,(H,17,18). The maximum Gasteiger partial charge on any atom is 0.303 e. The van der Waals surface area contributed by atoms with E-state index in [1.807, 2.05) is 11.8 Å². The molecule has 0 aromatic heterocycles. The predicted octanol–water partition coefficient (Wildman–Crippen LogP) is 1.61. The summed E-state index contributed by atoms with van der Waals surface area (Å²) in [6, 6.07) is 0. The van der Waals surface area contributed by atoms with Crippen LogP contribution in [-0.4, -0.2) is 40.5 Å². The molecule has 0 bridgehead atoms. The van der Waals surface area contributed by atoms with Crippen molar-refractivity contribution in [3.63, 3.8) is 0 Å². The Kier molecular flexibility index (Phi) is 5.79. The van der Waals surface area contributed by atoms with Crippen molar-refractivity contribution in [3.8, 4) is 0 Å². The second-order valence-electron chi connectivity index (χ2n) is 5.86. The zero-order valence-electron chi connectivity index (χ0n) is 12.0. The summed E-state index contributed by atoms with van der Waals surface area (Å²) >= 11 is 0. The van der Waals surface area contributed by atoms with Crippen LogP contribution < -0.4 is 5.73 Å². The normalized spacial score (nSPS) is 22.9. The Balaban J connectivity index is 2.54. The first-order chi connectivity index (χ1) is 8.86. The molecular weight excluding hydrogens is 244 g/mol. The van der Waals surface area contributed by atoms with Crippen molar-refractivity contribution in [2.75, 3.05) is 13.1 Å². The number of rotatable bonds is 6. The van der Waals surface area contributed by atoms with E-state index in [-0.39, 0.29) is 12.3 Å². The second kappa shape index (κ2) is 6.89. The first-order valence-corrected chi connectivity index (χ1v) is 7.17. The summed E-state index contributed by atoms with van der Waals surface area (Å²) in [5.74, 6) is -0.460. The lowest BCUT2D eigenvalue weighted by molar-refractivity contribution is -0.139. The van der Waals surface area contributed by atoms with Crippen LogP contribution in [0.4, 0.5) is 0 Å². The van der Waals surface area contributed by atoms with E-state index in [1.165, 1.54) is 0 Å². The van der Waals surface area contributed by atoms with Crippen molar-refractivity contribution in [2.45, 2.75) is 57.9 Å². The van der Waals surface area contributed by atoms with Gasteiger partial charge >= 0.3 is 5.97 Å². The van der Waals surface area contributed by atoms with Gasteiger partial charge in [0.25, 0.3) is 0 Å². The van der Waals surface area contributed by atoms with Crippen LogP contribution >= 0.6 is 0 Å². The predicted molar refractivity (Wildman–Crippen MR) is 73.7 cm³/mol. The lowest BCUT2D eigenvalue weighted by Gasteiger charge is -2.37. The number of hydrogen-bond acceptors (Lipinski definition) is 3. The Morgan fingerprint density at radius 2 is 2.16 bits per heavy atom. The molecule has 0 spiro atoms. The number of piperidine rings is 1. The van der Waals surface area contributed by atoms with Crippen LogP contribution in [0.15, 0.2) is 0 Å². The Labute approximate surface area is 115 Å². The molecule has 5 heteroatoms.